The van der Waals surface area contributed by atoms with Gasteiger partial charge in [0.25, 0.3) is 0 Å². The van der Waals surface area contributed by atoms with E-state index >= 15 is 0 Å². The highest BCUT2D eigenvalue weighted by atomic mass is 32.1. The molecule has 0 fully saturated rings. The van der Waals surface area contributed by atoms with Crippen LogP contribution in [0.4, 0.5) is 34.1 Å². The summed E-state index contributed by atoms with van der Waals surface area (Å²) in [6.07, 6.45) is 0. The highest BCUT2D eigenvalue weighted by Crippen LogP contribution is 2.48. The summed E-state index contributed by atoms with van der Waals surface area (Å²) in [7, 11) is 0. The lowest BCUT2D eigenvalue weighted by Gasteiger charge is -2.25. The van der Waals surface area contributed by atoms with Crippen LogP contribution in [0, 0.1) is 0 Å². The number of fused-ring (bicyclic) bond motifs is 19. The molecule has 7 nitrogen and oxygen atoms in total. The summed E-state index contributed by atoms with van der Waals surface area (Å²) in [5.41, 5.74) is 31.6. The highest BCUT2D eigenvalue weighted by molar-refractivity contribution is 7.26. The first-order valence-electron chi connectivity index (χ1n) is 48.1. The van der Waals surface area contributed by atoms with Crippen LogP contribution in [0.3, 0.4) is 0 Å². The molecular weight excluding hydrogens is 1690 g/mol. The van der Waals surface area contributed by atoms with Crippen LogP contribution >= 0.6 is 11.3 Å². The van der Waals surface area contributed by atoms with Crippen LogP contribution in [0.5, 0.6) is 0 Å². The molecule has 6 aromatic heterocycles. The maximum absolute atomic E-state index is 6.41. The van der Waals surface area contributed by atoms with Crippen molar-refractivity contribution in [3.8, 4) is 33.9 Å². The fourth-order valence-electron chi connectivity index (χ4n) is 20.3. The number of hydrogen-bond acceptors (Lipinski definition) is 4. The molecule has 0 aliphatic carbocycles. The van der Waals surface area contributed by atoms with Crippen molar-refractivity contribution in [2.75, 3.05) is 9.80 Å². The van der Waals surface area contributed by atoms with Crippen LogP contribution in [0.15, 0.2) is 453 Å². The molecular formula is C130H110N6OS. The van der Waals surface area contributed by atoms with Gasteiger partial charge in [0.15, 0.2) is 5.58 Å². The number of rotatable bonds is 11. The molecule has 672 valence electrons. The molecule has 0 spiro atoms. The second-order valence-corrected chi connectivity index (χ2v) is 41.5. The van der Waals surface area contributed by atoms with Crippen LogP contribution in [0.1, 0.15) is 105 Å². The van der Waals surface area contributed by atoms with Crippen LogP contribution in [0.25, 0.3) is 163 Å². The minimum Gasteiger partial charge on any atom is -0.454 e. The van der Waals surface area contributed by atoms with E-state index in [1.807, 2.05) is 23.5 Å². The van der Waals surface area contributed by atoms with Crippen LogP contribution in [-0.4, -0.2) is 18.3 Å². The molecule has 0 amide bonds. The van der Waals surface area contributed by atoms with E-state index in [-0.39, 0.29) is 21.7 Å². The number of para-hydroxylation sites is 9. The van der Waals surface area contributed by atoms with Gasteiger partial charge in [-0.1, -0.05) is 350 Å². The zero-order valence-corrected chi connectivity index (χ0v) is 81.0. The predicted molar refractivity (Wildman–Crippen MR) is 593 cm³/mol. The van der Waals surface area contributed by atoms with Crippen molar-refractivity contribution in [2.45, 2.75) is 105 Å². The standard InChI is InChI=1S/2C34H30N2.C34H27NS.C28H23NO/c1-34(2,3)25-18-20-28(21-19-25)36-32-17-11-10-16-30(32)31-24-29(22-23-33(31)36)35(26-12-6-4-7-13-26)27-14-8-5-9-15-27;1-34(2,3)25-18-20-28(21-19-25)36-32-17-11-10-16-30(32)31-23-22-29(24-33(31)36)35(26-12-6-4-7-13-26)27-14-8-5-9-15-27;1-34(2,3)23-16-18-24(19-17-23)35-30-13-6-4-9-26(30)29-21-22(15-20-31(29)35)25-11-8-12-28-27-10-5-7-14-32(27)36-33(25)28;1-28(2,3)18-12-14-19(15-13-18)29-24-10-6-4-8-20(24)22-16-17-23-21-9-5-7-11-25(21)30-27(23)26(22)29/h2*4-24H,1-3H3;4-21H,1-3H3;4-17H,1-3H3. The molecule has 8 heteroatoms. The Hall–Kier alpha value is -16.0. The van der Waals surface area contributed by atoms with E-state index < -0.39 is 0 Å². The van der Waals surface area contributed by atoms with Gasteiger partial charge in [-0.3, -0.25) is 0 Å². The van der Waals surface area contributed by atoms with E-state index in [0.29, 0.717) is 0 Å². The molecule has 0 saturated carbocycles. The molecule has 0 saturated heterocycles. The lowest BCUT2D eigenvalue weighted by atomic mass is 9.87. The van der Waals surface area contributed by atoms with Crippen molar-refractivity contribution in [3.05, 3.63) is 471 Å². The summed E-state index contributed by atoms with van der Waals surface area (Å²) in [6.45, 7) is 27.1. The van der Waals surface area contributed by atoms with Gasteiger partial charge in [-0.05, 0) is 237 Å². The van der Waals surface area contributed by atoms with Crippen LogP contribution < -0.4 is 9.80 Å². The topological polar surface area (TPSA) is 39.3 Å². The maximum atomic E-state index is 6.41. The van der Waals surface area contributed by atoms with Gasteiger partial charge in [0, 0.05) is 131 Å². The molecule has 0 bridgehead atoms. The summed E-state index contributed by atoms with van der Waals surface area (Å²) in [5, 5.41) is 15.1. The molecule has 25 aromatic rings. The summed E-state index contributed by atoms with van der Waals surface area (Å²) in [6, 6.07) is 162. The second kappa shape index (κ2) is 35.4. The first-order chi connectivity index (χ1) is 67.0. The fourth-order valence-corrected chi connectivity index (χ4v) is 21.5. The Morgan fingerprint density at radius 2 is 0.529 bits per heavy atom. The Morgan fingerprint density at radius 3 is 0.986 bits per heavy atom. The minimum absolute atomic E-state index is 0.123. The Balaban J connectivity index is 0.000000106. The molecule has 0 aliphatic rings. The largest absolute Gasteiger partial charge is 0.454 e. The van der Waals surface area contributed by atoms with Gasteiger partial charge < -0.3 is 32.5 Å². The Kier molecular flexibility index (Phi) is 22.4. The third kappa shape index (κ3) is 16.2. The van der Waals surface area contributed by atoms with Gasteiger partial charge in [-0.2, -0.15) is 0 Å². The van der Waals surface area contributed by atoms with Crippen molar-refractivity contribution in [1.82, 2.24) is 18.3 Å². The van der Waals surface area contributed by atoms with E-state index in [2.05, 4.69) is 548 Å². The van der Waals surface area contributed by atoms with Crippen molar-refractivity contribution >= 4 is 175 Å². The van der Waals surface area contributed by atoms with Crippen molar-refractivity contribution in [2.24, 2.45) is 0 Å². The van der Waals surface area contributed by atoms with E-state index in [1.165, 1.54) is 152 Å². The third-order valence-corrected chi connectivity index (χ3v) is 28.6. The normalized spacial score (nSPS) is 12.1. The lowest BCUT2D eigenvalue weighted by Crippen LogP contribution is -2.11. The van der Waals surface area contributed by atoms with Gasteiger partial charge in [-0.15, -0.1) is 11.3 Å². The predicted octanol–water partition coefficient (Wildman–Crippen LogP) is 37.2. The number of thiophene rings is 1. The smallest absolute Gasteiger partial charge is 0.160 e. The van der Waals surface area contributed by atoms with Crippen molar-refractivity contribution in [3.63, 3.8) is 0 Å². The Morgan fingerprint density at radius 1 is 0.210 bits per heavy atom. The lowest BCUT2D eigenvalue weighted by molar-refractivity contribution is 0.590. The summed E-state index contributed by atoms with van der Waals surface area (Å²) in [5.74, 6) is 0. The molecule has 0 aliphatic heterocycles. The number of aromatic nitrogens is 4. The van der Waals surface area contributed by atoms with E-state index in [1.54, 1.807) is 0 Å². The highest BCUT2D eigenvalue weighted by Gasteiger charge is 2.26. The molecule has 6 heterocycles. The zero-order valence-electron chi connectivity index (χ0n) is 80.2. The molecule has 0 radical (unpaired) electrons. The van der Waals surface area contributed by atoms with Gasteiger partial charge in [0.1, 0.15) is 5.58 Å². The second-order valence-electron chi connectivity index (χ2n) is 40.5. The first-order valence-corrected chi connectivity index (χ1v) is 48.9. The molecule has 138 heavy (non-hydrogen) atoms. The number of nitrogens with zero attached hydrogens (tertiary/aromatic N) is 6. The van der Waals surface area contributed by atoms with Crippen molar-refractivity contribution in [1.29, 1.82) is 0 Å². The quantitative estimate of drug-likeness (QED) is 0.130. The number of anilines is 6. The van der Waals surface area contributed by atoms with E-state index in [9.17, 15) is 0 Å². The van der Waals surface area contributed by atoms with E-state index in [4.69, 9.17) is 4.42 Å². The maximum Gasteiger partial charge on any atom is 0.160 e. The molecule has 19 aromatic carbocycles. The first kappa shape index (κ1) is 87.3. The molecule has 0 unspecified atom stereocenters. The Labute approximate surface area is 811 Å². The summed E-state index contributed by atoms with van der Waals surface area (Å²) >= 11 is 1.89. The Bertz CT molecular complexity index is 8730. The summed E-state index contributed by atoms with van der Waals surface area (Å²) < 4.78 is 18.7. The zero-order chi connectivity index (χ0) is 94.3. The van der Waals surface area contributed by atoms with Gasteiger partial charge >= 0.3 is 0 Å². The average Bonchev–Trinajstić information content (AvgIpc) is 1.57. The minimum atomic E-state index is 0.123. The van der Waals surface area contributed by atoms with Crippen LogP contribution in [0.2, 0.25) is 0 Å². The van der Waals surface area contributed by atoms with E-state index in [0.717, 1.165) is 67.3 Å². The van der Waals surface area contributed by atoms with Gasteiger partial charge in [-0.25, -0.2) is 0 Å². The third-order valence-electron chi connectivity index (χ3n) is 27.4. The summed E-state index contributed by atoms with van der Waals surface area (Å²) in [4.78, 5) is 4.65. The SMILES string of the molecule is CC(C)(C)c1ccc(-n2c3ccccc3c3cc(-c4cccc5c4sc4ccccc45)ccc32)cc1.CC(C)(C)c1ccc(-n2c3ccccc3c3cc(N(c4ccccc4)c4ccccc4)ccc32)cc1.CC(C)(C)c1ccc(-n2c3ccccc3c3ccc(N(c4ccccc4)c4ccccc4)cc32)cc1.CC(C)(C)c1ccc(-n2c3ccccc3c3ccc4c5ccccc5oc4c32)cc1. The van der Waals surface area contributed by atoms with Crippen molar-refractivity contribution < 1.29 is 4.42 Å². The fraction of sp³-hybridized carbons (Fsp3) is 0.123. The number of benzene rings is 19. The molecule has 25 rings (SSSR count). The monoisotopic (exact) mass is 1800 g/mol. The van der Waals surface area contributed by atoms with Crippen LogP contribution in [-0.2, 0) is 21.7 Å². The van der Waals surface area contributed by atoms with Gasteiger partial charge in [0.2, 0.25) is 0 Å². The number of hydrogen-bond donors (Lipinski definition) is 0. The average molecular weight is 1800 g/mol. The molecule has 0 atom stereocenters. The van der Waals surface area contributed by atoms with Gasteiger partial charge in [0.05, 0.1) is 44.1 Å². The number of furan rings is 1. The molecule has 0 N–H and O–H groups in total.